The number of anilines is 1. The number of carboxylic acid groups (broad SMARTS) is 2. The maximum absolute atomic E-state index is 10.9. The van der Waals surface area contributed by atoms with Crippen LogP contribution < -0.4 is 5.73 Å². The minimum absolute atomic E-state index is 0.435. The first kappa shape index (κ1) is 12.8. The molecule has 5 nitrogen and oxygen atoms in total. The molecule has 4 N–H and O–H groups in total. The summed E-state index contributed by atoms with van der Waals surface area (Å²) >= 11 is 1.98. The standard InChI is InChI=1S/C10H10INO4/c11-7-3-5(1-2-8(7)12)6(10(15)16)4-9(13)14/h1-3,6H,4,12H2,(H,13,14)(H,15,16). The van der Waals surface area contributed by atoms with E-state index in [1.54, 1.807) is 18.2 Å². The SMILES string of the molecule is Nc1ccc(C(CC(=O)O)C(=O)O)cc1I. The Balaban J connectivity index is 3.06. The lowest BCUT2D eigenvalue weighted by Crippen LogP contribution is -2.16. The Morgan fingerprint density at radius 2 is 2.00 bits per heavy atom. The highest BCUT2D eigenvalue weighted by Crippen LogP contribution is 2.25. The molecule has 0 aromatic heterocycles. The van der Waals surface area contributed by atoms with Gasteiger partial charge in [-0.1, -0.05) is 6.07 Å². The maximum atomic E-state index is 10.9. The van der Waals surface area contributed by atoms with Gasteiger partial charge in [0.15, 0.2) is 0 Å². The predicted octanol–water partition coefficient (Wildman–Crippen LogP) is 1.52. The molecule has 0 fully saturated rings. The minimum Gasteiger partial charge on any atom is -0.481 e. The van der Waals surface area contributed by atoms with Gasteiger partial charge in [-0.05, 0) is 40.3 Å². The number of benzene rings is 1. The van der Waals surface area contributed by atoms with E-state index in [1.807, 2.05) is 22.6 Å². The van der Waals surface area contributed by atoms with E-state index in [9.17, 15) is 9.59 Å². The molecule has 0 aliphatic heterocycles. The zero-order chi connectivity index (χ0) is 12.3. The molecule has 16 heavy (non-hydrogen) atoms. The normalized spacial score (nSPS) is 12.1. The van der Waals surface area contributed by atoms with Crippen molar-refractivity contribution in [1.82, 2.24) is 0 Å². The van der Waals surface area contributed by atoms with Crippen LogP contribution in [0.1, 0.15) is 17.9 Å². The number of carbonyl (C=O) groups is 2. The Labute approximate surface area is 105 Å². The number of hydrogen-bond donors (Lipinski definition) is 3. The third-order valence-corrected chi connectivity index (χ3v) is 3.04. The zero-order valence-corrected chi connectivity index (χ0v) is 10.3. The van der Waals surface area contributed by atoms with Gasteiger partial charge in [0.05, 0.1) is 12.3 Å². The van der Waals surface area contributed by atoms with Crippen LogP contribution in [-0.2, 0) is 9.59 Å². The van der Waals surface area contributed by atoms with E-state index in [4.69, 9.17) is 15.9 Å². The Morgan fingerprint density at radius 3 is 2.44 bits per heavy atom. The number of nitrogen functional groups attached to an aromatic ring is 1. The van der Waals surface area contributed by atoms with Crippen LogP contribution in [0.4, 0.5) is 5.69 Å². The number of aliphatic carboxylic acids is 2. The Kier molecular flexibility index (Phi) is 4.11. The van der Waals surface area contributed by atoms with Gasteiger partial charge in [0.25, 0.3) is 0 Å². The Morgan fingerprint density at radius 1 is 1.38 bits per heavy atom. The quantitative estimate of drug-likeness (QED) is 0.572. The molecule has 0 amide bonds. The molecule has 1 rings (SSSR count). The number of halogens is 1. The fourth-order valence-corrected chi connectivity index (χ4v) is 1.82. The number of carboxylic acids is 2. The summed E-state index contributed by atoms with van der Waals surface area (Å²) in [5.41, 5.74) is 6.59. The molecule has 0 spiro atoms. The van der Waals surface area contributed by atoms with Crippen molar-refractivity contribution in [2.75, 3.05) is 5.73 Å². The van der Waals surface area contributed by atoms with Gasteiger partial charge in [-0.25, -0.2) is 0 Å². The fourth-order valence-electron chi connectivity index (χ4n) is 1.28. The second kappa shape index (κ2) is 5.15. The van der Waals surface area contributed by atoms with E-state index < -0.39 is 24.3 Å². The molecular formula is C10H10INO4. The average Bonchev–Trinajstić information content (AvgIpc) is 2.18. The van der Waals surface area contributed by atoms with Crippen LogP contribution in [0.3, 0.4) is 0 Å². The van der Waals surface area contributed by atoms with E-state index in [0.29, 0.717) is 14.8 Å². The molecule has 0 bridgehead atoms. The van der Waals surface area contributed by atoms with Gasteiger partial charge in [0, 0.05) is 9.26 Å². The highest BCUT2D eigenvalue weighted by Gasteiger charge is 2.23. The summed E-state index contributed by atoms with van der Waals surface area (Å²) in [4.78, 5) is 21.5. The van der Waals surface area contributed by atoms with E-state index in [0.717, 1.165) is 0 Å². The van der Waals surface area contributed by atoms with E-state index in [2.05, 4.69) is 0 Å². The van der Waals surface area contributed by atoms with Gasteiger partial charge < -0.3 is 15.9 Å². The molecule has 6 heteroatoms. The van der Waals surface area contributed by atoms with Gasteiger partial charge in [-0.2, -0.15) is 0 Å². The Hall–Kier alpha value is -1.31. The summed E-state index contributed by atoms with van der Waals surface area (Å²) in [6.07, 6.45) is -0.435. The van der Waals surface area contributed by atoms with Crippen LogP contribution in [0.5, 0.6) is 0 Å². The molecule has 1 unspecified atom stereocenters. The third kappa shape index (κ3) is 3.09. The number of nitrogens with two attached hydrogens (primary N) is 1. The van der Waals surface area contributed by atoms with E-state index in [-0.39, 0.29) is 0 Å². The van der Waals surface area contributed by atoms with Crippen LogP contribution in [0, 0.1) is 3.57 Å². The average molecular weight is 335 g/mol. The maximum Gasteiger partial charge on any atom is 0.311 e. The number of hydrogen-bond acceptors (Lipinski definition) is 3. The van der Waals surface area contributed by atoms with Crippen molar-refractivity contribution in [3.05, 3.63) is 27.3 Å². The molecule has 0 saturated heterocycles. The molecule has 0 heterocycles. The minimum atomic E-state index is -1.15. The topological polar surface area (TPSA) is 101 Å². The van der Waals surface area contributed by atoms with Crippen molar-refractivity contribution < 1.29 is 19.8 Å². The van der Waals surface area contributed by atoms with Crippen molar-refractivity contribution in [3.63, 3.8) is 0 Å². The van der Waals surface area contributed by atoms with Crippen LogP contribution in [0.15, 0.2) is 18.2 Å². The summed E-state index contributed by atoms with van der Waals surface area (Å²) in [5.74, 6) is -3.33. The lowest BCUT2D eigenvalue weighted by Gasteiger charge is -2.11. The summed E-state index contributed by atoms with van der Waals surface area (Å²) in [5, 5.41) is 17.6. The Bertz CT molecular complexity index is 433. The van der Waals surface area contributed by atoms with Gasteiger partial charge >= 0.3 is 11.9 Å². The first-order valence-electron chi connectivity index (χ1n) is 4.41. The number of rotatable bonds is 4. The molecule has 1 aromatic rings. The predicted molar refractivity (Wildman–Crippen MR) is 66.2 cm³/mol. The first-order chi connectivity index (χ1) is 7.41. The second-order valence-electron chi connectivity index (χ2n) is 3.27. The highest BCUT2D eigenvalue weighted by molar-refractivity contribution is 14.1. The van der Waals surface area contributed by atoms with E-state index in [1.165, 1.54) is 0 Å². The van der Waals surface area contributed by atoms with Gasteiger partial charge in [-0.3, -0.25) is 9.59 Å². The van der Waals surface area contributed by atoms with Crippen molar-refractivity contribution >= 4 is 40.2 Å². The molecular weight excluding hydrogens is 325 g/mol. The molecule has 86 valence electrons. The van der Waals surface area contributed by atoms with Crippen molar-refractivity contribution in [2.45, 2.75) is 12.3 Å². The van der Waals surface area contributed by atoms with Crippen LogP contribution in [0.2, 0.25) is 0 Å². The summed E-state index contributed by atoms with van der Waals surface area (Å²) in [6, 6.07) is 4.71. The summed E-state index contributed by atoms with van der Waals surface area (Å²) in [6.45, 7) is 0. The monoisotopic (exact) mass is 335 g/mol. The smallest absolute Gasteiger partial charge is 0.311 e. The van der Waals surface area contributed by atoms with E-state index >= 15 is 0 Å². The fraction of sp³-hybridized carbons (Fsp3) is 0.200. The first-order valence-corrected chi connectivity index (χ1v) is 5.49. The van der Waals surface area contributed by atoms with Gasteiger partial charge in [-0.15, -0.1) is 0 Å². The molecule has 1 aromatic carbocycles. The zero-order valence-electron chi connectivity index (χ0n) is 8.18. The summed E-state index contributed by atoms with van der Waals surface area (Å²) in [7, 11) is 0. The van der Waals surface area contributed by atoms with Crippen LogP contribution in [0.25, 0.3) is 0 Å². The molecule has 0 radical (unpaired) electrons. The third-order valence-electron chi connectivity index (χ3n) is 2.10. The molecule has 1 atom stereocenters. The van der Waals surface area contributed by atoms with Crippen LogP contribution >= 0.6 is 22.6 Å². The van der Waals surface area contributed by atoms with Crippen molar-refractivity contribution in [3.8, 4) is 0 Å². The lowest BCUT2D eigenvalue weighted by molar-refractivity contribution is -0.145. The van der Waals surface area contributed by atoms with Crippen molar-refractivity contribution in [2.24, 2.45) is 0 Å². The molecule has 0 aliphatic carbocycles. The summed E-state index contributed by atoms with van der Waals surface area (Å²) < 4.78 is 0.715. The highest BCUT2D eigenvalue weighted by atomic mass is 127. The van der Waals surface area contributed by atoms with Gasteiger partial charge in [0.1, 0.15) is 0 Å². The molecule has 0 aliphatic rings. The van der Waals surface area contributed by atoms with Crippen molar-refractivity contribution in [1.29, 1.82) is 0 Å². The van der Waals surface area contributed by atoms with Crippen LogP contribution in [-0.4, -0.2) is 22.2 Å². The lowest BCUT2D eigenvalue weighted by atomic mass is 9.96. The van der Waals surface area contributed by atoms with Gasteiger partial charge in [0.2, 0.25) is 0 Å². The molecule has 0 saturated carbocycles. The second-order valence-corrected chi connectivity index (χ2v) is 4.43. The largest absolute Gasteiger partial charge is 0.481 e.